The van der Waals surface area contributed by atoms with Gasteiger partial charge in [-0.15, -0.1) is 0 Å². The zero-order valence-electron chi connectivity index (χ0n) is 29.0. The number of hydrogen-bond donors (Lipinski definition) is 0. The average Bonchev–Trinajstić information content (AvgIpc) is 3.72. The van der Waals surface area contributed by atoms with Crippen molar-refractivity contribution in [2.45, 2.75) is 0 Å². The first kappa shape index (κ1) is 29.2. The minimum absolute atomic E-state index is 0.646. The first-order valence-corrected chi connectivity index (χ1v) is 18.3. The fraction of sp³-hybridized carbons (Fsp3) is 0. The topological polar surface area (TPSA) is 48.0 Å². The average molecular weight is 688 g/mol. The molecular weight excluding hydrogens is 659 g/mol. The number of fused-ring (bicyclic) bond motifs is 7. The van der Waals surface area contributed by atoms with E-state index in [2.05, 4.69) is 148 Å². The molecule has 0 aliphatic carbocycles. The van der Waals surface area contributed by atoms with E-state index in [0.29, 0.717) is 17.5 Å². The summed E-state index contributed by atoms with van der Waals surface area (Å²) in [6, 6.07) is 62.5. The van der Waals surface area contributed by atoms with Gasteiger partial charge in [-0.05, 0) is 47.2 Å². The first-order chi connectivity index (χ1) is 26.8. The van der Waals surface area contributed by atoms with Crippen LogP contribution in [0.15, 0.2) is 176 Å². The Balaban J connectivity index is 1.18. The standard InChI is InChI=1S/C49H29N5/c1-3-14-30(15-4-1)47-50-48(31-16-5-2-6-17-31)52-49(51-47)38-27-28-41(33-19-8-7-18-32(33)38)53-42-25-13-22-36-34-20-9-11-23-39(34)54-40-24-12-10-21-35(40)37-26-29-43(53)45(44(36)42)46(37)54/h1-29H. The summed E-state index contributed by atoms with van der Waals surface area (Å²) in [4.78, 5) is 15.2. The molecule has 0 N–H and O–H groups in total. The van der Waals surface area contributed by atoms with Crippen LogP contribution in [0.3, 0.4) is 0 Å². The molecule has 8 aromatic carbocycles. The molecule has 5 heteroatoms. The molecule has 0 fully saturated rings. The maximum Gasteiger partial charge on any atom is 0.164 e. The molecule has 0 saturated carbocycles. The third-order valence-electron chi connectivity index (χ3n) is 11.1. The Morgan fingerprint density at radius 2 is 0.833 bits per heavy atom. The number of rotatable bonds is 4. The highest BCUT2D eigenvalue weighted by Gasteiger charge is 2.24. The van der Waals surface area contributed by atoms with Gasteiger partial charge in [0.05, 0.1) is 33.3 Å². The molecular formula is C49H29N5. The SMILES string of the molecule is c1ccc(-c2nc(-c3ccccc3)nc(-c3ccc(-n4c5cccc6c7ccccc7n7c8ccccc8c8ccc4c(c65)c87)c4ccccc34)n2)cc1. The van der Waals surface area contributed by atoms with Crippen molar-refractivity contribution in [1.82, 2.24) is 23.9 Å². The lowest BCUT2D eigenvalue weighted by Crippen LogP contribution is -2.01. The van der Waals surface area contributed by atoms with Crippen LogP contribution < -0.4 is 0 Å². The van der Waals surface area contributed by atoms with Gasteiger partial charge in [0, 0.05) is 49.0 Å². The van der Waals surface area contributed by atoms with E-state index < -0.39 is 0 Å². The molecule has 0 spiro atoms. The zero-order valence-corrected chi connectivity index (χ0v) is 29.0. The Kier molecular flexibility index (Phi) is 5.99. The van der Waals surface area contributed by atoms with Crippen LogP contribution >= 0.6 is 0 Å². The molecule has 0 radical (unpaired) electrons. The van der Waals surface area contributed by atoms with E-state index in [0.717, 1.165) is 33.2 Å². The molecule has 0 aliphatic heterocycles. The highest BCUT2D eigenvalue weighted by molar-refractivity contribution is 6.33. The van der Waals surface area contributed by atoms with E-state index in [-0.39, 0.29) is 0 Å². The van der Waals surface area contributed by atoms with Gasteiger partial charge in [0.25, 0.3) is 0 Å². The van der Waals surface area contributed by atoms with Crippen molar-refractivity contribution in [3.05, 3.63) is 176 Å². The molecule has 54 heavy (non-hydrogen) atoms. The highest BCUT2D eigenvalue weighted by atomic mass is 15.0. The molecule has 4 aromatic heterocycles. The highest BCUT2D eigenvalue weighted by Crippen LogP contribution is 2.46. The van der Waals surface area contributed by atoms with E-state index >= 15 is 0 Å². The van der Waals surface area contributed by atoms with Crippen molar-refractivity contribution >= 4 is 70.7 Å². The van der Waals surface area contributed by atoms with E-state index in [1.807, 2.05) is 36.4 Å². The summed E-state index contributed by atoms with van der Waals surface area (Å²) in [6.07, 6.45) is 0. The minimum atomic E-state index is 0.646. The molecule has 0 unspecified atom stereocenters. The fourth-order valence-corrected chi connectivity index (χ4v) is 8.83. The normalized spacial score (nSPS) is 12.1. The van der Waals surface area contributed by atoms with Crippen LogP contribution in [0.2, 0.25) is 0 Å². The third-order valence-corrected chi connectivity index (χ3v) is 11.1. The van der Waals surface area contributed by atoms with Crippen molar-refractivity contribution in [2.24, 2.45) is 0 Å². The number of para-hydroxylation sites is 2. The second kappa shape index (κ2) is 11.1. The number of aromatic nitrogens is 5. The lowest BCUT2D eigenvalue weighted by atomic mass is 10.0. The summed E-state index contributed by atoms with van der Waals surface area (Å²) < 4.78 is 4.95. The molecule has 12 rings (SSSR count). The number of nitrogens with zero attached hydrogens (tertiary/aromatic N) is 5. The van der Waals surface area contributed by atoms with Crippen LogP contribution in [0.5, 0.6) is 0 Å². The van der Waals surface area contributed by atoms with Crippen LogP contribution in [-0.4, -0.2) is 23.9 Å². The molecule has 5 nitrogen and oxygen atoms in total. The monoisotopic (exact) mass is 687 g/mol. The summed E-state index contributed by atoms with van der Waals surface area (Å²) in [5.74, 6) is 1.94. The van der Waals surface area contributed by atoms with Gasteiger partial charge in [0.15, 0.2) is 17.5 Å². The second-order valence-electron chi connectivity index (χ2n) is 14.0. The Labute approximate surface area is 309 Å². The van der Waals surface area contributed by atoms with Crippen molar-refractivity contribution in [3.8, 4) is 39.9 Å². The summed E-state index contributed by atoms with van der Waals surface area (Å²) >= 11 is 0. The van der Waals surface area contributed by atoms with Crippen LogP contribution in [-0.2, 0) is 0 Å². The van der Waals surface area contributed by atoms with Gasteiger partial charge in [-0.2, -0.15) is 0 Å². The Hall–Kier alpha value is -7.37. The lowest BCUT2D eigenvalue weighted by molar-refractivity contribution is 1.08. The molecule has 0 amide bonds. The predicted octanol–water partition coefficient (Wildman–Crippen LogP) is 12.3. The van der Waals surface area contributed by atoms with Crippen molar-refractivity contribution in [1.29, 1.82) is 0 Å². The lowest BCUT2D eigenvalue weighted by Gasteiger charge is -2.15. The summed E-state index contributed by atoms with van der Waals surface area (Å²) in [5.41, 5.74) is 10.0. The van der Waals surface area contributed by atoms with Gasteiger partial charge in [-0.3, -0.25) is 0 Å². The van der Waals surface area contributed by atoms with Gasteiger partial charge >= 0.3 is 0 Å². The van der Waals surface area contributed by atoms with Crippen molar-refractivity contribution in [3.63, 3.8) is 0 Å². The summed E-state index contributed by atoms with van der Waals surface area (Å²) in [6.45, 7) is 0. The maximum atomic E-state index is 5.12. The maximum absolute atomic E-state index is 5.12. The summed E-state index contributed by atoms with van der Waals surface area (Å²) in [5, 5.41) is 9.77. The van der Waals surface area contributed by atoms with E-state index in [9.17, 15) is 0 Å². The largest absolute Gasteiger partial charge is 0.309 e. The Morgan fingerprint density at radius 1 is 0.315 bits per heavy atom. The zero-order chi connectivity index (χ0) is 35.3. The fourth-order valence-electron chi connectivity index (χ4n) is 8.83. The van der Waals surface area contributed by atoms with E-state index in [1.165, 1.54) is 59.9 Å². The van der Waals surface area contributed by atoms with Crippen LogP contribution in [0.1, 0.15) is 0 Å². The van der Waals surface area contributed by atoms with Gasteiger partial charge in [0.1, 0.15) is 0 Å². The van der Waals surface area contributed by atoms with Crippen LogP contribution in [0, 0.1) is 0 Å². The van der Waals surface area contributed by atoms with Crippen molar-refractivity contribution in [2.75, 3.05) is 0 Å². The molecule has 0 saturated heterocycles. The minimum Gasteiger partial charge on any atom is -0.309 e. The van der Waals surface area contributed by atoms with Gasteiger partial charge in [-0.25, -0.2) is 15.0 Å². The quantitative estimate of drug-likeness (QED) is 0.185. The first-order valence-electron chi connectivity index (χ1n) is 18.3. The second-order valence-corrected chi connectivity index (χ2v) is 14.0. The third kappa shape index (κ3) is 4.01. The molecule has 4 heterocycles. The Morgan fingerprint density at radius 3 is 1.52 bits per heavy atom. The van der Waals surface area contributed by atoms with Gasteiger partial charge in [-0.1, -0.05) is 140 Å². The number of hydrogen-bond acceptors (Lipinski definition) is 3. The predicted molar refractivity (Wildman–Crippen MR) is 223 cm³/mol. The van der Waals surface area contributed by atoms with Gasteiger partial charge in [0.2, 0.25) is 0 Å². The molecule has 12 aromatic rings. The van der Waals surface area contributed by atoms with Crippen LogP contribution in [0.4, 0.5) is 0 Å². The van der Waals surface area contributed by atoms with Crippen molar-refractivity contribution < 1.29 is 0 Å². The molecule has 250 valence electrons. The molecule has 0 bridgehead atoms. The van der Waals surface area contributed by atoms with Gasteiger partial charge < -0.3 is 8.97 Å². The molecule has 0 aliphatic rings. The Bertz CT molecular complexity index is 3370. The summed E-state index contributed by atoms with van der Waals surface area (Å²) in [7, 11) is 0. The smallest absolute Gasteiger partial charge is 0.164 e. The van der Waals surface area contributed by atoms with E-state index in [1.54, 1.807) is 0 Å². The van der Waals surface area contributed by atoms with Crippen LogP contribution in [0.25, 0.3) is 111 Å². The molecule has 0 atom stereocenters. The van der Waals surface area contributed by atoms with E-state index in [4.69, 9.17) is 15.0 Å². The number of benzene rings is 8.